The summed E-state index contributed by atoms with van der Waals surface area (Å²) >= 11 is 1.02. The SMILES string of the molecule is Cc1ccc(NC(=O)CN(C)C(=O)[C@H](C)Sc2cccc(C(F)(F)F)c2)cc1. The molecule has 0 saturated heterocycles. The number of carbonyl (C=O) groups is 2. The maximum Gasteiger partial charge on any atom is 0.416 e. The minimum atomic E-state index is -4.44. The molecule has 2 aromatic carbocycles. The molecular formula is C20H21F3N2O2S. The summed E-state index contributed by atoms with van der Waals surface area (Å²) in [5.74, 6) is -0.697. The normalized spacial score (nSPS) is 12.4. The third-order valence-electron chi connectivity index (χ3n) is 3.91. The standard InChI is InChI=1S/C20H21F3N2O2S/c1-13-7-9-16(10-8-13)24-18(26)12-25(3)19(27)14(2)28-17-6-4-5-15(11-17)20(21,22)23/h4-11,14H,12H2,1-3H3,(H,24,26)/t14-/m0/s1. The van der Waals surface area contributed by atoms with E-state index in [4.69, 9.17) is 0 Å². The fourth-order valence-electron chi connectivity index (χ4n) is 2.44. The Hall–Kier alpha value is -2.48. The summed E-state index contributed by atoms with van der Waals surface area (Å²) < 4.78 is 38.4. The number of thioether (sulfide) groups is 1. The number of anilines is 1. The summed E-state index contributed by atoms with van der Waals surface area (Å²) in [5.41, 5.74) is 0.927. The number of halogens is 3. The Morgan fingerprint density at radius 3 is 2.39 bits per heavy atom. The molecule has 0 spiro atoms. The first-order valence-corrected chi connectivity index (χ1v) is 9.39. The zero-order valence-electron chi connectivity index (χ0n) is 15.7. The van der Waals surface area contributed by atoms with E-state index in [2.05, 4.69) is 5.32 Å². The van der Waals surface area contributed by atoms with Gasteiger partial charge in [-0.25, -0.2) is 0 Å². The van der Waals surface area contributed by atoms with Gasteiger partial charge in [-0.15, -0.1) is 11.8 Å². The molecule has 0 saturated carbocycles. The van der Waals surface area contributed by atoms with E-state index in [0.29, 0.717) is 10.6 Å². The highest BCUT2D eigenvalue weighted by Crippen LogP contribution is 2.33. The molecule has 0 aliphatic carbocycles. The van der Waals surface area contributed by atoms with E-state index in [1.165, 1.54) is 24.1 Å². The van der Waals surface area contributed by atoms with Crippen molar-refractivity contribution in [1.29, 1.82) is 0 Å². The van der Waals surface area contributed by atoms with E-state index in [0.717, 1.165) is 29.5 Å². The minimum Gasteiger partial charge on any atom is -0.335 e. The maximum absolute atomic E-state index is 12.8. The molecule has 150 valence electrons. The van der Waals surface area contributed by atoms with Crippen LogP contribution in [-0.2, 0) is 15.8 Å². The van der Waals surface area contributed by atoms with Crippen LogP contribution in [0, 0.1) is 6.92 Å². The Labute approximate surface area is 166 Å². The van der Waals surface area contributed by atoms with E-state index >= 15 is 0 Å². The van der Waals surface area contributed by atoms with Crippen molar-refractivity contribution in [2.75, 3.05) is 18.9 Å². The molecule has 0 heterocycles. The largest absolute Gasteiger partial charge is 0.416 e. The van der Waals surface area contributed by atoms with E-state index in [1.54, 1.807) is 19.1 Å². The van der Waals surface area contributed by atoms with Crippen molar-refractivity contribution in [2.45, 2.75) is 30.2 Å². The Balaban J connectivity index is 1.93. The molecule has 4 nitrogen and oxygen atoms in total. The number of rotatable bonds is 6. The summed E-state index contributed by atoms with van der Waals surface area (Å²) in [6, 6.07) is 12.1. The third kappa shape index (κ3) is 6.30. The van der Waals surface area contributed by atoms with Crippen molar-refractivity contribution in [3.63, 3.8) is 0 Å². The average Bonchev–Trinajstić information content (AvgIpc) is 2.62. The number of nitrogens with zero attached hydrogens (tertiary/aromatic N) is 1. The Morgan fingerprint density at radius 2 is 1.79 bits per heavy atom. The van der Waals surface area contributed by atoms with Gasteiger partial charge in [0.15, 0.2) is 0 Å². The van der Waals surface area contributed by atoms with Crippen LogP contribution in [-0.4, -0.2) is 35.6 Å². The number of likely N-dealkylation sites (N-methyl/N-ethyl adjacent to an activating group) is 1. The highest BCUT2D eigenvalue weighted by Gasteiger charge is 2.31. The van der Waals surface area contributed by atoms with Crippen molar-refractivity contribution >= 4 is 29.3 Å². The van der Waals surface area contributed by atoms with Gasteiger partial charge in [-0.3, -0.25) is 9.59 Å². The predicted octanol–water partition coefficient (Wildman–Crippen LogP) is 4.59. The summed E-state index contributed by atoms with van der Waals surface area (Å²) in [5, 5.41) is 2.06. The highest BCUT2D eigenvalue weighted by atomic mass is 32.2. The topological polar surface area (TPSA) is 49.4 Å². The van der Waals surface area contributed by atoms with Crippen molar-refractivity contribution in [2.24, 2.45) is 0 Å². The van der Waals surface area contributed by atoms with Crippen LogP contribution < -0.4 is 5.32 Å². The molecule has 8 heteroatoms. The van der Waals surface area contributed by atoms with Gasteiger partial charge in [0.2, 0.25) is 11.8 Å². The number of hydrogen-bond donors (Lipinski definition) is 1. The Kier molecular flexibility index (Phi) is 7.12. The molecule has 0 unspecified atom stereocenters. The number of amides is 2. The van der Waals surface area contributed by atoms with Crippen LogP contribution in [0.5, 0.6) is 0 Å². The number of aryl methyl sites for hydroxylation is 1. The third-order valence-corrected chi connectivity index (χ3v) is 5.00. The smallest absolute Gasteiger partial charge is 0.335 e. The van der Waals surface area contributed by atoms with Gasteiger partial charge in [0.25, 0.3) is 0 Å². The molecule has 2 amide bonds. The van der Waals surface area contributed by atoms with Crippen LogP contribution >= 0.6 is 11.8 Å². The van der Waals surface area contributed by atoms with E-state index < -0.39 is 17.0 Å². The molecule has 0 fully saturated rings. The average molecular weight is 410 g/mol. The molecule has 0 radical (unpaired) electrons. The lowest BCUT2D eigenvalue weighted by Crippen LogP contribution is -2.38. The number of hydrogen-bond acceptors (Lipinski definition) is 3. The molecule has 2 aromatic rings. The van der Waals surface area contributed by atoms with Crippen LogP contribution in [0.3, 0.4) is 0 Å². The molecule has 2 rings (SSSR count). The van der Waals surface area contributed by atoms with Crippen molar-refractivity contribution in [3.05, 3.63) is 59.7 Å². The first kappa shape index (κ1) is 21.8. The quantitative estimate of drug-likeness (QED) is 0.709. The second kappa shape index (κ2) is 9.14. The summed E-state index contributed by atoms with van der Waals surface area (Å²) in [7, 11) is 1.49. The monoisotopic (exact) mass is 410 g/mol. The van der Waals surface area contributed by atoms with Gasteiger partial charge in [-0.2, -0.15) is 13.2 Å². The van der Waals surface area contributed by atoms with Crippen LogP contribution in [0.1, 0.15) is 18.1 Å². The first-order valence-electron chi connectivity index (χ1n) is 8.51. The van der Waals surface area contributed by atoms with Crippen LogP contribution in [0.4, 0.5) is 18.9 Å². The highest BCUT2D eigenvalue weighted by molar-refractivity contribution is 8.00. The van der Waals surface area contributed by atoms with E-state index in [9.17, 15) is 22.8 Å². The number of nitrogens with one attached hydrogen (secondary N) is 1. The van der Waals surface area contributed by atoms with Crippen molar-refractivity contribution in [1.82, 2.24) is 4.90 Å². The molecule has 0 aromatic heterocycles. The summed E-state index contributed by atoms with van der Waals surface area (Å²) in [6.45, 7) is 3.38. The molecule has 0 bridgehead atoms. The summed E-state index contributed by atoms with van der Waals surface area (Å²) in [6.07, 6.45) is -4.44. The van der Waals surface area contributed by atoms with Crippen LogP contribution in [0.15, 0.2) is 53.4 Å². The molecule has 1 atom stereocenters. The lowest BCUT2D eigenvalue weighted by atomic mass is 10.2. The second-order valence-corrected chi connectivity index (χ2v) is 7.81. The van der Waals surface area contributed by atoms with Gasteiger partial charge in [0.05, 0.1) is 17.4 Å². The van der Waals surface area contributed by atoms with Gasteiger partial charge < -0.3 is 10.2 Å². The molecule has 0 aliphatic rings. The number of carbonyl (C=O) groups excluding carboxylic acids is 2. The fraction of sp³-hybridized carbons (Fsp3) is 0.300. The maximum atomic E-state index is 12.8. The van der Waals surface area contributed by atoms with Crippen LogP contribution in [0.25, 0.3) is 0 Å². The van der Waals surface area contributed by atoms with Gasteiger partial charge in [-0.05, 0) is 44.2 Å². The number of alkyl halides is 3. The van der Waals surface area contributed by atoms with Crippen molar-refractivity contribution < 1.29 is 22.8 Å². The molecule has 0 aliphatic heterocycles. The number of benzene rings is 2. The zero-order chi connectivity index (χ0) is 20.9. The lowest BCUT2D eigenvalue weighted by molar-refractivity contribution is -0.137. The zero-order valence-corrected chi connectivity index (χ0v) is 16.5. The van der Waals surface area contributed by atoms with Gasteiger partial charge in [-0.1, -0.05) is 23.8 Å². The molecular weight excluding hydrogens is 389 g/mol. The lowest BCUT2D eigenvalue weighted by Gasteiger charge is -2.21. The minimum absolute atomic E-state index is 0.153. The van der Waals surface area contributed by atoms with E-state index in [-0.39, 0.29) is 18.4 Å². The molecule has 28 heavy (non-hydrogen) atoms. The second-order valence-electron chi connectivity index (χ2n) is 6.39. The van der Waals surface area contributed by atoms with Gasteiger partial charge >= 0.3 is 6.18 Å². The summed E-state index contributed by atoms with van der Waals surface area (Å²) in [4.78, 5) is 26.2. The molecule has 1 N–H and O–H groups in total. The van der Waals surface area contributed by atoms with E-state index in [1.807, 2.05) is 19.1 Å². The van der Waals surface area contributed by atoms with Crippen molar-refractivity contribution in [3.8, 4) is 0 Å². The Bertz CT molecular complexity index is 838. The first-order chi connectivity index (χ1) is 13.1. The van der Waals surface area contributed by atoms with Gasteiger partial charge in [0.1, 0.15) is 0 Å². The predicted molar refractivity (Wildman–Crippen MR) is 104 cm³/mol. The van der Waals surface area contributed by atoms with Crippen LogP contribution in [0.2, 0.25) is 0 Å². The Morgan fingerprint density at radius 1 is 1.14 bits per heavy atom. The van der Waals surface area contributed by atoms with Gasteiger partial charge in [0, 0.05) is 17.6 Å². The fourth-order valence-corrected chi connectivity index (χ4v) is 3.48.